The van der Waals surface area contributed by atoms with E-state index in [1.165, 1.54) is 12.0 Å². The van der Waals surface area contributed by atoms with E-state index in [0.29, 0.717) is 12.3 Å². The monoisotopic (exact) mass is 274 g/mol. The number of Topliss-reactive ketones (excluding diaryl/α,β-unsaturated/α-hetero) is 1. The molecule has 0 unspecified atom stereocenters. The maximum absolute atomic E-state index is 12.2. The Balaban J connectivity index is 1.84. The SMILES string of the molecule is CC(C)c1ccc(C(=O)CCN2CCCNCC2)cc1. The fourth-order valence-corrected chi connectivity index (χ4v) is 2.58. The fourth-order valence-electron chi connectivity index (χ4n) is 2.58. The Morgan fingerprint density at radius 1 is 1.20 bits per heavy atom. The Kier molecular flexibility index (Phi) is 5.74. The maximum atomic E-state index is 12.2. The van der Waals surface area contributed by atoms with Crippen LogP contribution in [0.25, 0.3) is 0 Å². The average Bonchev–Trinajstić information content (AvgIpc) is 2.73. The zero-order chi connectivity index (χ0) is 14.4. The van der Waals surface area contributed by atoms with E-state index >= 15 is 0 Å². The molecule has 3 nitrogen and oxygen atoms in total. The van der Waals surface area contributed by atoms with Crippen molar-refractivity contribution < 1.29 is 4.79 Å². The van der Waals surface area contributed by atoms with Crippen LogP contribution in [-0.4, -0.2) is 43.4 Å². The third kappa shape index (κ3) is 4.43. The van der Waals surface area contributed by atoms with Crippen molar-refractivity contribution in [2.75, 3.05) is 32.7 Å². The molecule has 1 fully saturated rings. The first kappa shape index (κ1) is 15.2. The van der Waals surface area contributed by atoms with Crippen LogP contribution >= 0.6 is 0 Å². The third-order valence-corrected chi connectivity index (χ3v) is 3.99. The van der Waals surface area contributed by atoms with Gasteiger partial charge < -0.3 is 10.2 Å². The normalized spacial score (nSPS) is 17.1. The van der Waals surface area contributed by atoms with E-state index in [1.807, 2.05) is 12.1 Å². The molecule has 1 aromatic rings. The molecule has 1 heterocycles. The van der Waals surface area contributed by atoms with Gasteiger partial charge in [0.1, 0.15) is 0 Å². The zero-order valence-electron chi connectivity index (χ0n) is 12.7. The first-order chi connectivity index (χ1) is 9.66. The largest absolute Gasteiger partial charge is 0.315 e. The quantitative estimate of drug-likeness (QED) is 0.838. The molecule has 1 aliphatic rings. The summed E-state index contributed by atoms with van der Waals surface area (Å²) in [5, 5.41) is 3.39. The van der Waals surface area contributed by atoms with Gasteiger partial charge in [0.2, 0.25) is 0 Å². The molecule has 1 aromatic carbocycles. The lowest BCUT2D eigenvalue weighted by Crippen LogP contribution is -2.30. The van der Waals surface area contributed by atoms with Crippen molar-refractivity contribution >= 4 is 5.78 Å². The van der Waals surface area contributed by atoms with Gasteiger partial charge in [-0.15, -0.1) is 0 Å². The predicted molar refractivity (Wildman–Crippen MR) is 83.4 cm³/mol. The lowest BCUT2D eigenvalue weighted by atomic mass is 10.00. The molecule has 0 bridgehead atoms. The Hall–Kier alpha value is -1.19. The minimum Gasteiger partial charge on any atom is -0.315 e. The number of carbonyl (C=O) groups excluding carboxylic acids is 1. The highest BCUT2D eigenvalue weighted by atomic mass is 16.1. The van der Waals surface area contributed by atoms with Crippen molar-refractivity contribution in [3.05, 3.63) is 35.4 Å². The number of nitrogens with one attached hydrogen (secondary N) is 1. The van der Waals surface area contributed by atoms with E-state index in [2.05, 4.69) is 36.2 Å². The van der Waals surface area contributed by atoms with Crippen molar-refractivity contribution in [3.63, 3.8) is 0 Å². The van der Waals surface area contributed by atoms with Gasteiger partial charge in [-0.3, -0.25) is 4.79 Å². The molecule has 0 aromatic heterocycles. The van der Waals surface area contributed by atoms with Gasteiger partial charge in [-0.1, -0.05) is 38.1 Å². The Morgan fingerprint density at radius 2 is 1.95 bits per heavy atom. The highest BCUT2D eigenvalue weighted by Gasteiger charge is 2.12. The molecule has 110 valence electrons. The summed E-state index contributed by atoms with van der Waals surface area (Å²) < 4.78 is 0. The molecule has 0 amide bonds. The lowest BCUT2D eigenvalue weighted by Gasteiger charge is -2.18. The number of nitrogens with zero attached hydrogens (tertiary/aromatic N) is 1. The Morgan fingerprint density at radius 3 is 2.65 bits per heavy atom. The molecule has 2 rings (SSSR count). The summed E-state index contributed by atoms with van der Waals surface area (Å²) in [5.74, 6) is 0.779. The standard InChI is InChI=1S/C17H26N2O/c1-14(2)15-4-6-16(7-5-15)17(20)8-12-19-11-3-9-18-10-13-19/h4-7,14,18H,3,8-13H2,1-2H3. The number of ketones is 1. The molecular formula is C17H26N2O. The second-order valence-corrected chi connectivity index (χ2v) is 5.90. The summed E-state index contributed by atoms with van der Waals surface area (Å²) in [7, 11) is 0. The van der Waals surface area contributed by atoms with Crippen LogP contribution in [0.15, 0.2) is 24.3 Å². The van der Waals surface area contributed by atoms with E-state index in [4.69, 9.17) is 0 Å². The minimum atomic E-state index is 0.262. The number of benzene rings is 1. The summed E-state index contributed by atoms with van der Waals surface area (Å²) >= 11 is 0. The second-order valence-electron chi connectivity index (χ2n) is 5.90. The van der Waals surface area contributed by atoms with Gasteiger partial charge in [0.05, 0.1) is 0 Å². The van der Waals surface area contributed by atoms with Crippen LogP contribution in [-0.2, 0) is 0 Å². The third-order valence-electron chi connectivity index (χ3n) is 3.99. The molecule has 1 N–H and O–H groups in total. The summed E-state index contributed by atoms with van der Waals surface area (Å²) in [6.07, 6.45) is 1.80. The van der Waals surface area contributed by atoms with Gasteiger partial charge in [-0.2, -0.15) is 0 Å². The smallest absolute Gasteiger partial charge is 0.164 e. The van der Waals surface area contributed by atoms with Gasteiger partial charge in [-0.25, -0.2) is 0 Å². The van der Waals surface area contributed by atoms with Crippen LogP contribution in [0.1, 0.15) is 48.5 Å². The molecule has 0 saturated carbocycles. The minimum absolute atomic E-state index is 0.262. The number of hydrogen-bond donors (Lipinski definition) is 1. The molecule has 0 aliphatic carbocycles. The van der Waals surface area contributed by atoms with Gasteiger partial charge in [0.25, 0.3) is 0 Å². The van der Waals surface area contributed by atoms with Crippen LogP contribution in [0.5, 0.6) is 0 Å². The number of hydrogen-bond acceptors (Lipinski definition) is 3. The Labute approximate surface area is 122 Å². The van der Waals surface area contributed by atoms with Gasteiger partial charge in [0.15, 0.2) is 5.78 Å². The molecule has 1 aliphatic heterocycles. The van der Waals surface area contributed by atoms with Crippen LogP contribution in [0.4, 0.5) is 0 Å². The molecule has 3 heteroatoms. The van der Waals surface area contributed by atoms with Gasteiger partial charge >= 0.3 is 0 Å². The average molecular weight is 274 g/mol. The fraction of sp³-hybridized carbons (Fsp3) is 0.588. The molecule has 20 heavy (non-hydrogen) atoms. The number of rotatable bonds is 5. The van der Waals surface area contributed by atoms with Crippen LogP contribution in [0.3, 0.4) is 0 Å². The molecule has 0 spiro atoms. The van der Waals surface area contributed by atoms with Crippen LogP contribution in [0.2, 0.25) is 0 Å². The van der Waals surface area contributed by atoms with Crippen molar-refractivity contribution in [1.82, 2.24) is 10.2 Å². The van der Waals surface area contributed by atoms with Crippen molar-refractivity contribution in [2.45, 2.75) is 32.6 Å². The molecule has 1 saturated heterocycles. The van der Waals surface area contributed by atoms with Crippen molar-refractivity contribution in [1.29, 1.82) is 0 Å². The maximum Gasteiger partial charge on any atom is 0.164 e. The van der Waals surface area contributed by atoms with E-state index < -0.39 is 0 Å². The zero-order valence-corrected chi connectivity index (χ0v) is 12.7. The first-order valence-electron chi connectivity index (χ1n) is 7.73. The predicted octanol–water partition coefficient (Wildman–Crippen LogP) is 2.68. The van der Waals surface area contributed by atoms with Crippen LogP contribution in [0, 0.1) is 0 Å². The topological polar surface area (TPSA) is 32.3 Å². The lowest BCUT2D eigenvalue weighted by molar-refractivity contribution is 0.0965. The highest BCUT2D eigenvalue weighted by Crippen LogP contribution is 2.15. The first-order valence-corrected chi connectivity index (χ1v) is 7.73. The summed E-state index contributed by atoms with van der Waals surface area (Å²) in [6.45, 7) is 9.52. The highest BCUT2D eigenvalue weighted by molar-refractivity contribution is 5.96. The number of carbonyl (C=O) groups is 1. The second kappa shape index (κ2) is 7.55. The Bertz CT molecular complexity index is 417. The van der Waals surface area contributed by atoms with E-state index in [9.17, 15) is 4.79 Å². The van der Waals surface area contributed by atoms with E-state index in [0.717, 1.165) is 38.3 Å². The summed E-state index contributed by atoms with van der Waals surface area (Å²) in [6, 6.07) is 8.10. The molecule has 0 atom stereocenters. The molecule has 0 radical (unpaired) electrons. The van der Waals surface area contributed by atoms with Crippen molar-refractivity contribution in [2.24, 2.45) is 0 Å². The van der Waals surface area contributed by atoms with Gasteiger partial charge in [0, 0.05) is 31.6 Å². The summed E-state index contributed by atoms with van der Waals surface area (Å²) in [4.78, 5) is 14.6. The molecular weight excluding hydrogens is 248 g/mol. The van der Waals surface area contributed by atoms with Crippen molar-refractivity contribution in [3.8, 4) is 0 Å². The summed E-state index contributed by atoms with van der Waals surface area (Å²) in [5.41, 5.74) is 2.14. The van der Waals surface area contributed by atoms with Gasteiger partial charge in [-0.05, 0) is 31.0 Å². The van der Waals surface area contributed by atoms with Crippen LogP contribution < -0.4 is 5.32 Å². The van der Waals surface area contributed by atoms with E-state index in [1.54, 1.807) is 0 Å². The van der Waals surface area contributed by atoms with E-state index in [-0.39, 0.29) is 5.78 Å².